The summed E-state index contributed by atoms with van der Waals surface area (Å²) < 4.78 is 32.0. The SMILES string of the molecule is O=S(=O)(O)Nc1ccc(I)cc1. The van der Waals surface area contributed by atoms with Crippen LogP contribution in [0.2, 0.25) is 0 Å². The molecule has 0 spiro atoms. The molecule has 0 amide bonds. The Morgan fingerprint density at radius 2 is 1.75 bits per heavy atom. The maximum atomic E-state index is 10.3. The lowest BCUT2D eigenvalue weighted by Gasteiger charge is -2.00. The van der Waals surface area contributed by atoms with Crippen molar-refractivity contribution in [3.05, 3.63) is 27.8 Å². The van der Waals surface area contributed by atoms with Gasteiger partial charge in [0.2, 0.25) is 0 Å². The van der Waals surface area contributed by atoms with Crippen molar-refractivity contribution in [2.24, 2.45) is 0 Å². The molecule has 0 atom stereocenters. The van der Waals surface area contributed by atoms with Gasteiger partial charge in [-0.1, -0.05) is 0 Å². The Hall–Kier alpha value is -0.340. The van der Waals surface area contributed by atoms with E-state index in [2.05, 4.69) is 22.6 Å². The van der Waals surface area contributed by atoms with Crippen molar-refractivity contribution in [1.82, 2.24) is 0 Å². The van der Waals surface area contributed by atoms with E-state index in [1.54, 1.807) is 24.3 Å². The van der Waals surface area contributed by atoms with E-state index in [4.69, 9.17) is 4.55 Å². The first-order valence-electron chi connectivity index (χ1n) is 2.98. The predicted molar refractivity (Wildman–Crippen MR) is 54.3 cm³/mol. The molecule has 0 unspecified atom stereocenters. The normalized spacial score (nSPS) is 11.2. The highest BCUT2D eigenvalue weighted by Gasteiger charge is 2.02. The molecular formula is C6H6INO3S. The molecule has 1 aromatic rings. The van der Waals surface area contributed by atoms with Crippen molar-refractivity contribution in [2.45, 2.75) is 0 Å². The second-order valence-corrected chi connectivity index (χ2v) is 4.48. The molecule has 0 saturated carbocycles. The molecule has 6 heteroatoms. The van der Waals surface area contributed by atoms with Crippen molar-refractivity contribution >= 4 is 38.6 Å². The lowest BCUT2D eigenvalue weighted by Crippen LogP contribution is -2.09. The van der Waals surface area contributed by atoms with E-state index >= 15 is 0 Å². The summed E-state index contributed by atoms with van der Waals surface area (Å²) in [5.74, 6) is 0. The Morgan fingerprint density at radius 3 is 2.17 bits per heavy atom. The Labute approximate surface area is 84.0 Å². The smallest absolute Gasteiger partial charge is 0.269 e. The van der Waals surface area contributed by atoms with Crippen LogP contribution in [0.25, 0.3) is 0 Å². The van der Waals surface area contributed by atoms with E-state index in [9.17, 15) is 8.42 Å². The predicted octanol–water partition coefficient (Wildman–Crippen LogP) is 1.51. The topological polar surface area (TPSA) is 66.4 Å². The van der Waals surface area contributed by atoms with E-state index in [-0.39, 0.29) is 0 Å². The molecule has 66 valence electrons. The first-order valence-corrected chi connectivity index (χ1v) is 5.50. The van der Waals surface area contributed by atoms with E-state index < -0.39 is 10.3 Å². The van der Waals surface area contributed by atoms with E-state index in [1.165, 1.54) is 0 Å². The quantitative estimate of drug-likeness (QED) is 0.642. The molecule has 0 fully saturated rings. The van der Waals surface area contributed by atoms with Gasteiger partial charge in [-0.25, -0.2) is 0 Å². The lowest BCUT2D eigenvalue weighted by molar-refractivity contribution is 0.490. The van der Waals surface area contributed by atoms with Crippen LogP contribution in [0.5, 0.6) is 0 Å². The largest absolute Gasteiger partial charge is 0.357 e. The molecule has 1 aromatic carbocycles. The van der Waals surface area contributed by atoms with Gasteiger partial charge in [-0.15, -0.1) is 0 Å². The zero-order valence-corrected chi connectivity index (χ0v) is 8.83. The van der Waals surface area contributed by atoms with Gasteiger partial charge in [-0.3, -0.25) is 9.27 Å². The van der Waals surface area contributed by atoms with Crippen LogP contribution in [0.4, 0.5) is 5.69 Å². The van der Waals surface area contributed by atoms with E-state index in [1.807, 2.05) is 4.72 Å². The number of hydrogen-bond donors (Lipinski definition) is 2. The molecule has 12 heavy (non-hydrogen) atoms. The van der Waals surface area contributed by atoms with E-state index in [0.717, 1.165) is 3.57 Å². The zero-order valence-electron chi connectivity index (χ0n) is 5.86. The fourth-order valence-electron chi connectivity index (χ4n) is 0.667. The average molecular weight is 299 g/mol. The first kappa shape index (κ1) is 9.75. The van der Waals surface area contributed by atoms with Crippen molar-refractivity contribution in [3.63, 3.8) is 0 Å². The molecule has 2 N–H and O–H groups in total. The summed E-state index contributed by atoms with van der Waals surface area (Å²) in [4.78, 5) is 0. The zero-order chi connectivity index (χ0) is 9.19. The molecule has 4 nitrogen and oxygen atoms in total. The monoisotopic (exact) mass is 299 g/mol. The summed E-state index contributed by atoms with van der Waals surface area (Å²) in [6, 6.07) is 6.59. The third-order valence-corrected chi connectivity index (χ3v) is 2.30. The fourth-order valence-corrected chi connectivity index (χ4v) is 1.46. The van der Waals surface area contributed by atoms with E-state index in [0.29, 0.717) is 5.69 Å². The summed E-state index contributed by atoms with van der Waals surface area (Å²) in [5.41, 5.74) is 0.345. The summed E-state index contributed by atoms with van der Waals surface area (Å²) in [7, 11) is -4.14. The van der Waals surface area contributed by atoms with Crippen molar-refractivity contribution in [2.75, 3.05) is 4.72 Å². The van der Waals surface area contributed by atoms with Gasteiger partial charge < -0.3 is 0 Å². The minimum atomic E-state index is -4.14. The van der Waals surface area contributed by atoms with Gasteiger partial charge in [0.25, 0.3) is 0 Å². The molecular weight excluding hydrogens is 293 g/mol. The summed E-state index contributed by atoms with van der Waals surface area (Å²) >= 11 is 2.09. The van der Waals surface area contributed by atoms with Gasteiger partial charge in [0, 0.05) is 3.57 Å². The minimum Gasteiger partial charge on any atom is -0.269 e. The second kappa shape index (κ2) is 3.58. The van der Waals surface area contributed by atoms with Gasteiger partial charge in [0.1, 0.15) is 0 Å². The number of halogens is 1. The van der Waals surface area contributed by atoms with Crippen LogP contribution in [-0.4, -0.2) is 13.0 Å². The Balaban J connectivity index is 2.85. The van der Waals surface area contributed by atoms with Gasteiger partial charge >= 0.3 is 10.3 Å². The summed E-state index contributed by atoms with van der Waals surface area (Å²) in [6.07, 6.45) is 0. The highest BCUT2D eigenvalue weighted by Crippen LogP contribution is 2.11. The molecule has 0 aliphatic carbocycles. The standard InChI is InChI=1S/C6H6INO3S/c7-5-1-3-6(4-2-5)8-12(9,10)11/h1-4,8H,(H,9,10,11). The summed E-state index contributed by atoms with van der Waals surface area (Å²) in [5, 5.41) is 0. The van der Waals surface area contributed by atoms with Crippen molar-refractivity contribution < 1.29 is 13.0 Å². The number of nitrogens with one attached hydrogen (secondary N) is 1. The lowest BCUT2D eigenvalue weighted by atomic mass is 10.3. The third-order valence-electron chi connectivity index (χ3n) is 1.09. The fraction of sp³-hybridized carbons (Fsp3) is 0. The highest BCUT2D eigenvalue weighted by atomic mass is 127. The maximum absolute atomic E-state index is 10.3. The van der Waals surface area contributed by atoms with Crippen molar-refractivity contribution in [1.29, 1.82) is 0 Å². The van der Waals surface area contributed by atoms with Crippen LogP contribution in [0.1, 0.15) is 0 Å². The highest BCUT2D eigenvalue weighted by molar-refractivity contribution is 14.1. The van der Waals surface area contributed by atoms with Gasteiger partial charge in [-0.05, 0) is 46.9 Å². The number of benzene rings is 1. The average Bonchev–Trinajstić information content (AvgIpc) is 1.91. The van der Waals surface area contributed by atoms with Crippen molar-refractivity contribution in [3.8, 4) is 0 Å². The first-order chi connectivity index (χ1) is 5.47. The molecule has 1 rings (SSSR count). The van der Waals surface area contributed by atoms with Crippen LogP contribution < -0.4 is 4.72 Å². The third kappa shape index (κ3) is 3.37. The molecule has 0 heterocycles. The van der Waals surface area contributed by atoms with Gasteiger partial charge in [-0.2, -0.15) is 8.42 Å². The van der Waals surface area contributed by atoms with Crippen LogP contribution >= 0.6 is 22.6 Å². The van der Waals surface area contributed by atoms with Gasteiger partial charge in [0.15, 0.2) is 0 Å². The molecule has 0 saturated heterocycles. The number of rotatable bonds is 2. The molecule has 0 radical (unpaired) electrons. The van der Waals surface area contributed by atoms with Crippen LogP contribution in [0.15, 0.2) is 24.3 Å². The number of hydrogen-bond acceptors (Lipinski definition) is 2. The van der Waals surface area contributed by atoms with Gasteiger partial charge in [0.05, 0.1) is 5.69 Å². The summed E-state index contributed by atoms with van der Waals surface area (Å²) in [6.45, 7) is 0. The Morgan fingerprint density at radius 1 is 1.25 bits per heavy atom. The molecule has 0 aromatic heterocycles. The maximum Gasteiger partial charge on any atom is 0.357 e. The Kier molecular flexibility index (Phi) is 2.91. The molecule has 0 aliphatic rings. The molecule has 0 bridgehead atoms. The molecule has 0 aliphatic heterocycles. The Bertz CT molecular complexity index is 359. The van der Waals surface area contributed by atoms with Crippen LogP contribution in [0, 0.1) is 3.57 Å². The van der Waals surface area contributed by atoms with Crippen LogP contribution in [-0.2, 0) is 10.3 Å². The minimum absolute atomic E-state index is 0.345. The number of anilines is 1. The second-order valence-electron chi connectivity index (χ2n) is 2.08. The van der Waals surface area contributed by atoms with Crippen LogP contribution in [0.3, 0.4) is 0 Å².